The molecule has 1 saturated heterocycles. The van der Waals surface area contributed by atoms with Crippen molar-refractivity contribution in [3.63, 3.8) is 0 Å². The Kier molecular flexibility index (Phi) is 11.4. The fourth-order valence-electron chi connectivity index (χ4n) is 2.74. The molecule has 0 aliphatic carbocycles. The highest BCUT2D eigenvalue weighted by Gasteiger charge is 2.44. The van der Waals surface area contributed by atoms with Crippen LogP contribution in [0.5, 0.6) is 0 Å². The van der Waals surface area contributed by atoms with Crippen molar-refractivity contribution >= 4 is 11.6 Å². The van der Waals surface area contributed by atoms with Gasteiger partial charge in [-0.3, -0.25) is 0 Å². The third-order valence-corrected chi connectivity index (χ3v) is 4.45. The molecule has 0 bridgehead atoms. The van der Waals surface area contributed by atoms with Crippen LogP contribution in [-0.2, 0) is 9.47 Å². The summed E-state index contributed by atoms with van der Waals surface area (Å²) in [7, 11) is 0. The van der Waals surface area contributed by atoms with Crippen LogP contribution in [0.4, 0.5) is 0 Å². The Balaban J connectivity index is 2.09. The number of rotatable bonds is 12. The number of hydrogen-bond acceptors (Lipinski definition) is 6. The third kappa shape index (κ3) is 7.65. The summed E-state index contributed by atoms with van der Waals surface area (Å²) in [5.41, 5.74) is 0. The van der Waals surface area contributed by atoms with Gasteiger partial charge < -0.3 is 29.9 Å². The van der Waals surface area contributed by atoms with E-state index < -0.39 is 37.3 Å². The van der Waals surface area contributed by atoms with E-state index in [4.69, 9.17) is 26.2 Å². The van der Waals surface area contributed by atoms with Crippen LogP contribution in [0.25, 0.3) is 0 Å². The number of ether oxygens (including phenoxy) is 2. The molecule has 5 atom stereocenters. The average Bonchev–Trinajstić information content (AvgIpc) is 2.55. The molecule has 0 aromatic carbocycles. The molecule has 1 rings (SSSR count). The maximum Gasteiger partial charge on any atom is 0.184 e. The summed E-state index contributed by atoms with van der Waals surface area (Å²) in [5.74, 6) is 0.743. The maximum atomic E-state index is 9.97. The van der Waals surface area contributed by atoms with Gasteiger partial charge in [-0.2, -0.15) is 0 Å². The van der Waals surface area contributed by atoms with E-state index in [1.807, 2.05) is 0 Å². The third-order valence-electron chi connectivity index (χ3n) is 4.18. The summed E-state index contributed by atoms with van der Waals surface area (Å²) in [4.78, 5) is 0. The summed E-state index contributed by atoms with van der Waals surface area (Å²) in [6, 6.07) is 0. The van der Waals surface area contributed by atoms with Gasteiger partial charge in [0.1, 0.15) is 24.4 Å². The van der Waals surface area contributed by atoms with Crippen LogP contribution >= 0.6 is 11.6 Å². The first-order valence-electron chi connectivity index (χ1n) is 8.60. The van der Waals surface area contributed by atoms with Crippen LogP contribution in [0.15, 0.2) is 0 Å². The molecule has 0 amide bonds. The largest absolute Gasteiger partial charge is 0.394 e. The second kappa shape index (κ2) is 12.4. The molecule has 0 aromatic heterocycles. The van der Waals surface area contributed by atoms with Gasteiger partial charge in [-0.15, -0.1) is 11.6 Å². The number of hydrogen-bond donors (Lipinski definition) is 4. The van der Waals surface area contributed by atoms with Gasteiger partial charge in [0.05, 0.1) is 6.61 Å². The first kappa shape index (κ1) is 21.1. The first-order valence-corrected chi connectivity index (χ1v) is 9.13. The lowest BCUT2D eigenvalue weighted by Gasteiger charge is -2.39. The van der Waals surface area contributed by atoms with Gasteiger partial charge in [-0.25, -0.2) is 0 Å². The van der Waals surface area contributed by atoms with Crippen LogP contribution in [0.2, 0.25) is 0 Å². The van der Waals surface area contributed by atoms with Crippen molar-refractivity contribution in [2.24, 2.45) is 0 Å². The Bertz CT molecular complexity index is 294. The molecule has 0 saturated carbocycles. The molecule has 1 aliphatic heterocycles. The molecule has 0 spiro atoms. The van der Waals surface area contributed by atoms with Crippen molar-refractivity contribution in [2.75, 3.05) is 19.1 Å². The Morgan fingerprint density at radius 2 is 1.39 bits per heavy atom. The van der Waals surface area contributed by atoms with Gasteiger partial charge in [0, 0.05) is 12.5 Å². The van der Waals surface area contributed by atoms with Gasteiger partial charge >= 0.3 is 0 Å². The zero-order valence-corrected chi connectivity index (χ0v) is 14.4. The Morgan fingerprint density at radius 3 is 1.96 bits per heavy atom. The molecule has 23 heavy (non-hydrogen) atoms. The van der Waals surface area contributed by atoms with E-state index in [0.717, 1.165) is 31.6 Å². The quantitative estimate of drug-likeness (QED) is 0.310. The number of unbranched alkanes of at least 4 members (excludes halogenated alkanes) is 7. The zero-order chi connectivity index (χ0) is 17.1. The van der Waals surface area contributed by atoms with Gasteiger partial charge in [0.2, 0.25) is 0 Å². The first-order chi connectivity index (χ1) is 11.1. The normalized spacial score (nSPS) is 31.4. The van der Waals surface area contributed by atoms with Crippen molar-refractivity contribution in [2.45, 2.75) is 82.1 Å². The molecule has 4 N–H and O–H groups in total. The van der Waals surface area contributed by atoms with Crippen LogP contribution in [0, 0.1) is 0 Å². The molecule has 7 heteroatoms. The second-order valence-electron chi connectivity index (χ2n) is 6.08. The Hall–Kier alpha value is 0.0500. The molecule has 0 unspecified atom stereocenters. The molecular formula is C16H31ClO6. The number of aliphatic hydroxyl groups excluding tert-OH is 4. The van der Waals surface area contributed by atoms with E-state index in [1.165, 1.54) is 25.7 Å². The van der Waals surface area contributed by atoms with E-state index in [1.54, 1.807) is 0 Å². The highest BCUT2D eigenvalue weighted by Crippen LogP contribution is 2.22. The van der Waals surface area contributed by atoms with Crippen LogP contribution in [-0.4, -0.2) is 70.2 Å². The topological polar surface area (TPSA) is 99.4 Å². The van der Waals surface area contributed by atoms with Gasteiger partial charge in [-0.05, 0) is 12.8 Å². The zero-order valence-electron chi connectivity index (χ0n) is 13.6. The monoisotopic (exact) mass is 354 g/mol. The molecule has 1 aliphatic rings. The standard InChI is InChI=1S/C16H31ClO6/c17-9-7-5-3-1-2-4-6-8-10-22-15-13(19)12(11-18)23-16(21)14(15)20/h12-16,18-21H,1-11H2/t12-,13-,14-,15+,16+/m1/s1. The van der Waals surface area contributed by atoms with Gasteiger partial charge in [0.25, 0.3) is 0 Å². The van der Waals surface area contributed by atoms with Crippen molar-refractivity contribution in [3.8, 4) is 0 Å². The minimum Gasteiger partial charge on any atom is -0.394 e. The highest BCUT2D eigenvalue weighted by molar-refractivity contribution is 6.17. The number of halogens is 1. The smallest absolute Gasteiger partial charge is 0.184 e. The van der Waals surface area contributed by atoms with E-state index in [9.17, 15) is 15.3 Å². The minimum atomic E-state index is -1.45. The SMILES string of the molecule is OC[C@H]1O[C@H](O)[C@H](O)[C@@H](OCCCCCCCCCCCl)[C@@H]1O. The van der Waals surface area contributed by atoms with E-state index >= 15 is 0 Å². The fourth-order valence-corrected chi connectivity index (χ4v) is 2.93. The van der Waals surface area contributed by atoms with Gasteiger partial charge in [0.15, 0.2) is 6.29 Å². The second-order valence-corrected chi connectivity index (χ2v) is 6.46. The van der Waals surface area contributed by atoms with Crippen molar-refractivity contribution in [3.05, 3.63) is 0 Å². The van der Waals surface area contributed by atoms with Crippen molar-refractivity contribution in [1.29, 1.82) is 0 Å². The number of aliphatic hydroxyl groups is 4. The average molecular weight is 355 g/mol. The van der Waals surface area contributed by atoms with Crippen LogP contribution in [0.3, 0.4) is 0 Å². The molecule has 0 aromatic rings. The lowest BCUT2D eigenvalue weighted by atomic mass is 9.99. The lowest BCUT2D eigenvalue weighted by Crippen LogP contribution is -2.59. The fraction of sp³-hybridized carbons (Fsp3) is 1.00. The molecular weight excluding hydrogens is 324 g/mol. The molecule has 1 heterocycles. The van der Waals surface area contributed by atoms with E-state index in [2.05, 4.69) is 0 Å². The summed E-state index contributed by atoms with van der Waals surface area (Å²) in [6.45, 7) is -0.0373. The lowest BCUT2D eigenvalue weighted by molar-refractivity contribution is -0.294. The summed E-state index contributed by atoms with van der Waals surface area (Å²) in [5, 5.41) is 38.4. The summed E-state index contributed by atoms with van der Waals surface area (Å²) >= 11 is 5.62. The van der Waals surface area contributed by atoms with Gasteiger partial charge in [-0.1, -0.05) is 38.5 Å². The van der Waals surface area contributed by atoms with Crippen LogP contribution in [0.1, 0.15) is 51.4 Å². The minimum absolute atomic E-state index is 0.399. The molecule has 0 radical (unpaired) electrons. The van der Waals surface area contributed by atoms with E-state index in [0.29, 0.717) is 6.61 Å². The van der Waals surface area contributed by atoms with Crippen molar-refractivity contribution in [1.82, 2.24) is 0 Å². The predicted molar refractivity (Wildman–Crippen MR) is 87.4 cm³/mol. The van der Waals surface area contributed by atoms with E-state index in [-0.39, 0.29) is 0 Å². The molecule has 6 nitrogen and oxygen atoms in total. The molecule has 1 fully saturated rings. The van der Waals surface area contributed by atoms with Crippen molar-refractivity contribution < 1.29 is 29.9 Å². The predicted octanol–water partition coefficient (Wildman–Crippen LogP) is 1.16. The molecule has 138 valence electrons. The summed E-state index contributed by atoms with van der Waals surface area (Å²) < 4.78 is 10.4. The Morgan fingerprint density at radius 1 is 0.826 bits per heavy atom. The van der Waals surface area contributed by atoms with Crippen LogP contribution < -0.4 is 0 Å². The summed E-state index contributed by atoms with van der Waals surface area (Å²) in [6.07, 6.45) is 3.12. The number of alkyl halides is 1. The Labute approximate surface area is 143 Å². The maximum absolute atomic E-state index is 9.97. The highest BCUT2D eigenvalue weighted by atomic mass is 35.5.